The molecule has 0 saturated heterocycles. The largest absolute Gasteiger partial charge is 0.299 e. The zero-order valence-corrected chi connectivity index (χ0v) is 8.98. The quantitative estimate of drug-likeness (QED) is 0.756. The number of rotatable bonds is 3. The molecule has 0 unspecified atom stereocenters. The average Bonchev–Trinajstić information content (AvgIpc) is 2.31. The molecule has 1 fully saturated rings. The summed E-state index contributed by atoms with van der Waals surface area (Å²) in [5.74, 6) is 0.724. The molecule has 1 aromatic rings. The number of ketones is 1. The standard InChI is InChI=1S/C13H17NO/c15-13(12-6-2-1-3-7-12)9-11-5-4-8-14-10-11/h4-5,8,10,12H,1-3,6-7,9H2. The van der Waals surface area contributed by atoms with E-state index in [1.165, 1.54) is 19.3 Å². The Hall–Kier alpha value is -1.18. The first-order valence-corrected chi connectivity index (χ1v) is 5.78. The summed E-state index contributed by atoms with van der Waals surface area (Å²) >= 11 is 0. The predicted octanol–water partition coefficient (Wildman–Crippen LogP) is 2.77. The van der Waals surface area contributed by atoms with Gasteiger partial charge in [-0.1, -0.05) is 25.3 Å². The van der Waals surface area contributed by atoms with Gasteiger partial charge in [0.05, 0.1) is 0 Å². The van der Waals surface area contributed by atoms with Crippen molar-refractivity contribution in [3.8, 4) is 0 Å². The monoisotopic (exact) mass is 203 g/mol. The van der Waals surface area contributed by atoms with Crippen molar-refractivity contribution in [3.63, 3.8) is 0 Å². The van der Waals surface area contributed by atoms with Gasteiger partial charge in [-0.05, 0) is 24.5 Å². The van der Waals surface area contributed by atoms with E-state index in [9.17, 15) is 4.79 Å². The van der Waals surface area contributed by atoms with Crippen molar-refractivity contribution in [1.82, 2.24) is 4.98 Å². The van der Waals surface area contributed by atoms with Crippen LogP contribution in [0.25, 0.3) is 0 Å². The van der Waals surface area contributed by atoms with Crippen LogP contribution in [-0.4, -0.2) is 10.8 Å². The zero-order chi connectivity index (χ0) is 10.5. The Bertz CT molecular complexity index is 315. The van der Waals surface area contributed by atoms with Gasteiger partial charge in [-0.2, -0.15) is 0 Å². The van der Waals surface area contributed by atoms with E-state index >= 15 is 0 Å². The van der Waals surface area contributed by atoms with Crippen molar-refractivity contribution in [1.29, 1.82) is 0 Å². The Morgan fingerprint density at radius 1 is 1.33 bits per heavy atom. The lowest BCUT2D eigenvalue weighted by Crippen LogP contribution is -2.19. The first kappa shape index (κ1) is 10.3. The predicted molar refractivity (Wildman–Crippen MR) is 59.5 cm³/mol. The molecule has 0 N–H and O–H groups in total. The van der Waals surface area contributed by atoms with E-state index in [0.29, 0.717) is 18.1 Å². The summed E-state index contributed by atoms with van der Waals surface area (Å²) in [5, 5.41) is 0. The minimum Gasteiger partial charge on any atom is -0.299 e. The molecule has 1 aliphatic rings. The number of Topliss-reactive ketones (excluding diaryl/α,β-unsaturated/α-hetero) is 1. The van der Waals surface area contributed by atoms with Gasteiger partial charge < -0.3 is 0 Å². The molecule has 1 aliphatic carbocycles. The Morgan fingerprint density at radius 3 is 2.80 bits per heavy atom. The molecule has 0 atom stereocenters. The third-order valence-electron chi connectivity index (χ3n) is 3.16. The molecule has 2 heteroatoms. The summed E-state index contributed by atoms with van der Waals surface area (Å²) in [7, 11) is 0. The van der Waals surface area contributed by atoms with E-state index in [1.54, 1.807) is 12.4 Å². The molecule has 0 spiro atoms. The van der Waals surface area contributed by atoms with Crippen LogP contribution in [0.4, 0.5) is 0 Å². The van der Waals surface area contributed by atoms with Crippen molar-refractivity contribution in [2.24, 2.45) is 5.92 Å². The summed E-state index contributed by atoms with van der Waals surface area (Å²) in [6.45, 7) is 0. The van der Waals surface area contributed by atoms with Crippen LogP contribution in [0, 0.1) is 5.92 Å². The van der Waals surface area contributed by atoms with Gasteiger partial charge in [-0.15, -0.1) is 0 Å². The fourth-order valence-electron chi connectivity index (χ4n) is 2.27. The minimum absolute atomic E-state index is 0.318. The number of hydrogen-bond acceptors (Lipinski definition) is 2. The summed E-state index contributed by atoms with van der Waals surface area (Å²) in [5.41, 5.74) is 1.05. The summed E-state index contributed by atoms with van der Waals surface area (Å²) in [4.78, 5) is 16.0. The van der Waals surface area contributed by atoms with Gasteiger partial charge in [0.1, 0.15) is 5.78 Å². The van der Waals surface area contributed by atoms with Crippen molar-refractivity contribution >= 4 is 5.78 Å². The molecule has 15 heavy (non-hydrogen) atoms. The number of carbonyl (C=O) groups excluding carboxylic acids is 1. The van der Waals surface area contributed by atoms with Crippen molar-refractivity contribution in [3.05, 3.63) is 30.1 Å². The van der Waals surface area contributed by atoms with Crippen LogP contribution in [0.5, 0.6) is 0 Å². The van der Waals surface area contributed by atoms with Gasteiger partial charge in [0.2, 0.25) is 0 Å². The summed E-state index contributed by atoms with van der Waals surface area (Å²) in [6, 6.07) is 3.87. The van der Waals surface area contributed by atoms with E-state index in [1.807, 2.05) is 12.1 Å². The lowest BCUT2D eigenvalue weighted by molar-refractivity contribution is -0.123. The smallest absolute Gasteiger partial charge is 0.140 e. The van der Waals surface area contributed by atoms with Crippen LogP contribution < -0.4 is 0 Å². The molecule has 0 aromatic carbocycles. The highest BCUT2D eigenvalue weighted by atomic mass is 16.1. The van der Waals surface area contributed by atoms with Gasteiger partial charge in [0, 0.05) is 24.7 Å². The Morgan fingerprint density at radius 2 is 2.13 bits per heavy atom. The minimum atomic E-state index is 0.318. The Balaban J connectivity index is 1.91. The molecule has 1 aromatic heterocycles. The van der Waals surface area contributed by atoms with Gasteiger partial charge in [-0.25, -0.2) is 0 Å². The topological polar surface area (TPSA) is 30.0 Å². The fraction of sp³-hybridized carbons (Fsp3) is 0.538. The molecule has 2 nitrogen and oxygen atoms in total. The maximum atomic E-state index is 11.9. The van der Waals surface area contributed by atoms with Crippen molar-refractivity contribution < 1.29 is 4.79 Å². The van der Waals surface area contributed by atoms with E-state index in [0.717, 1.165) is 18.4 Å². The third kappa shape index (κ3) is 2.88. The van der Waals surface area contributed by atoms with Gasteiger partial charge >= 0.3 is 0 Å². The number of carbonyl (C=O) groups is 1. The lowest BCUT2D eigenvalue weighted by Gasteiger charge is -2.20. The third-order valence-corrected chi connectivity index (χ3v) is 3.16. The molecule has 0 bridgehead atoms. The highest BCUT2D eigenvalue weighted by Crippen LogP contribution is 2.25. The van der Waals surface area contributed by atoms with E-state index in [4.69, 9.17) is 0 Å². The molecule has 0 aliphatic heterocycles. The lowest BCUT2D eigenvalue weighted by atomic mass is 9.84. The van der Waals surface area contributed by atoms with Gasteiger partial charge in [-0.3, -0.25) is 9.78 Å². The second kappa shape index (κ2) is 5.06. The summed E-state index contributed by atoms with van der Waals surface area (Å²) in [6.07, 6.45) is 10.1. The molecule has 80 valence electrons. The second-order valence-electron chi connectivity index (χ2n) is 4.34. The van der Waals surface area contributed by atoms with Crippen molar-refractivity contribution in [2.75, 3.05) is 0 Å². The highest BCUT2D eigenvalue weighted by molar-refractivity contribution is 5.83. The molecule has 0 radical (unpaired) electrons. The van der Waals surface area contributed by atoms with E-state index in [-0.39, 0.29) is 0 Å². The van der Waals surface area contributed by atoms with Crippen LogP contribution in [-0.2, 0) is 11.2 Å². The molecule has 0 amide bonds. The van der Waals surface area contributed by atoms with Gasteiger partial charge in [0.15, 0.2) is 0 Å². The fourth-order valence-corrected chi connectivity index (χ4v) is 2.27. The second-order valence-corrected chi connectivity index (χ2v) is 4.34. The number of nitrogens with zero attached hydrogens (tertiary/aromatic N) is 1. The number of pyridine rings is 1. The first-order valence-electron chi connectivity index (χ1n) is 5.78. The SMILES string of the molecule is O=C(Cc1cccnc1)C1CCCCC1. The highest BCUT2D eigenvalue weighted by Gasteiger charge is 2.20. The molecule has 2 rings (SSSR count). The average molecular weight is 203 g/mol. The first-order chi connectivity index (χ1) is 7.36. The van der Waals surface area contributed by atoms with E-state index < -0.39 is 0 Å². The maximum Gasteiger partial charge on any atom is 0.140 e. The maximum absolute atomic E-state index is 11.9. The number of aromatic nitrogens is 1. The molecular weight excluding hydrogens is 186 g/mol. The summed E-state index contributed by atoms with van der Waals surface area (Å²) < 4.78 is 0. The van der Waals surface area contributed by atoms with E-state index in [2.05, 4.69) is 4.98 Å². The Labute approximate surface area is 90.7 Å². The van der Waals surface area contributed by atoms with Crippen LogP contribution >= 0.6 is 0 Å². The van der Waals surface area contributed by atoms with Crippen LogP contribution in [0.15, 0.2) is 24.5 Å². The normalized spacial score (nSPS) is 17.6. The Kier molecular flexibility index (Phi) is 3.49. The van der Waals surface area contributed by atoms with Crippen molar-refractivity contribution in [2.45, 2.75) is 38.5 Å². The zero-order valence-electron chi connectivity index (χ0n) is 8.98. The van der Waals surface area contributed by atoms with Gasteiger partial charge in [0.25, 0.3) is 0 Å². The molecule has 1 saturated carbocycles. The number of hydrogen-bond donors (Lipinski definition) is 0. The molecule has 1 heterocycles. The van der Waals surface area contributed by atoms with Crippen LogP contribution in [0.1, 0.15) is 37.7 Å². The van der Waals surface area contributed by atoms with Crippen LogP contribution in [0.3, 0.4) is 0 Å². The van der Waals surface area contributed by atoms with Crippen LogP contribution in [0.2, 0.25) is 0 Å². The molecular formula is C13H17NO.